The second-order valence-corrected chi connectivity index (χ2v) is 10.2. The maximum absolute atomic E-state index is 14.3. The van der Waals surface area contributed by atoms with Crippen LogP contribution in [0.5, 0.6) is 0 Å². The highest BCUT2D eigenvalue weighted by molar-refractivity contribution is 5.67. The Morgan fingerprint density at radius 2 is 1.94 bits per heavy atom. The van der Waals surface area contributed by atoms with Crippen molar-refractivity contribution in [1.82, 2.24) is 0 Å². The van der Waals surface area contributed by atoms with Gasteiger partial charge in [0.1, 0.15) is 5.82 Å². The lowest BCUT2D eigenvalue weighted by Crippen LogP contribution is -2.43. The summed E-state index contributed by atoms with van der Waals surface area (Å²) < 4.78 is 14.3. The molecule has 0 aromatic heterocycles. The predicted molar refractivity (Wildman–Crippen MR) is 134 cm³/mol. The third kappa shape index (κ3) is 4.56. The number of rotatable bonds is 5. The van der Waals surface area contributed by atoms with E-state index in [0.29, 0.717) is 0 Å². The standard InChI is InChI=1S/C30H39F/c1-8-30(20-25-12-10-9-11-13-25)27(22(3)16-17-29(30,6)7)15-14-21(2)26-18-23(4)24(5)28(31)19-26/h10,12-15,18-19H,3,8-9,11,16-17,20H2,1-2,4-7H3/b21-14+,27-15+. The molecule has 0 N–H and O–H groups in total. The van der Waals surface area contributed by atoms with Crippen molar-refractivity contribution in [2.75, 3.05) is 0 Å². The van der Waals surface area contributed by atoms with Crippen LogP contribution in [-0.2, 0) is 0 Å². The van der Waals surface area contributed by atoms with Crippen molar-refractivity contribution in [2.45, 2.75) is 80.1 Å². The van der Waals surface area contributed by atoms with Gasteiger partial charge in [0, 0.05) is 5.41 Å². The fraction of sp³-hybridized carbons (Fsp3) is 0.467. The van der Waals surface area contributed by atoms with Crippen LogP contribution < -0.4 is 0 Å². The molecule has 1 aromatic rings. The molecule has 0 aliphatic heterocycles. The fourth-order valence-corrected chi connectivity index (χ4v) is 5.44. The summed E-state index contributed by atoms with van der Waals surface area (Å²) in [7, 11) is 0. The van der Waals surface area contributed by atoms with Crippen LogP contribution in [0.25, 0.3) is 5.57 Å². The topological polar surface area (TPSA) is 0 Å². The molecule has 2 aliphatic carbocycles. The van der Waals surface area contributed by atoms with Crippen LogP contribution in [0.3, 0.4) is 0 Å². The Morgan fingerprint density at radius 1 is 1.19 bits per heavy atom. The molecule has 0 nitrogen and oxygen atoms in total. The first-order valence-electron chi connectivity index (χ1n) is 11.8. The average molecular weight is 419 g/mol. The molecule has 1 aromatic carbocycles. The molecule has 1 saturated carbocycles. The Balaban J connectivity index is 2.06. The Hall–Kier alpha value is -2.15. The third-order valence-corrected chi connectivity index (χ3v) is 7.98. The Morgan fingerprint density at radius 3 is 2.55 bits per heavy atom. The number of hydrogen-bond donors (Lipinski definition) is 0. The first-order valence-corrected chi connectivity index (χ1v) is 11.8. The van der Waals surface area contributed by atoms with Gasteiger partial charge in [-0.2, -0.15) is 0 Å². The van der Waals surface area contributed by atoms with E-state index < -0.39 is 0 Å². The normalized spacial score (nSPS) is 25.1. The zero-order valence-electron chi connectivity index (χ0n) is 20.4. The number of aryl methyl sites for hydroxylation is 1. The van der Waals surface area contributed by atoms with Gasteiger partial charge in [-0.15, -0.1) is 0 Å². The molecule has 0 heterocycles. The number of halogens is 1. The minimum atomic E-state index is -0.127. The summed E-state index contributed by atoms with van der Waals surface area (Å²) in [5.74, 6) is -0.127. The van der Waals surface area contributed by atoms with Crippen LogP contribution in [0.2, 0.25) is 0 Å². The summed E-state index contributed by atoms with van der Waals surface area (Å²) in [4.78, 5) is 0. The molecule has 166 valence electrons. The van der Waals surface area contributed by atoms with Gasteiger partial charge in [0.15, 0.2) is 0 Å². The van der Waals surface area contributed by atoms with Crippen LogP contribution in [0.1, 0.15) is 82.9 Å². The molecule has 0 amide bonds. The van der Waals surface area contributed by atoms with E-state index in [-0.39, 0.29) is 16.6 Å². The van der Waals surface area contributed by atoms with E-state index in [0.717, 1.165) is 54.4 Å². The van der Waals surface area contributed by atoms with E-state index in [9.17, 15) is 4.39 Å². The lowest BCUT2D eigenvalue weighted by Gasteiger charge is -2.53. The lowest BCUT2D eigenvalue weighted by atomic mass is 9.51. The van der Waals surface area contributed by atoms with Gasteiger partial charge in [-0.05, 0) is 98.6 Å². The second-order valence-electron chi connectivity index (χ2n) is 10.2. The smallest absolute Gasteiger partial charge is 0.126 e. The van der Waals surface area contributed by atoms with Gasteiger partial charge >= 0.3 is 0 Å². The van der Waals surface area contributed by atoms with E-state index in [1.54, 1.807) is 6.07 Å². The van der Waals surface area contributed by atoms with Crippen LogP contribution in [0.15, 0.2) is 65.8 Å². The quantitative estimate of drug-likeness (QED) is 0.447. The van der Waals surface area contributed by atoms with Crippen molar-refractivity contribution in [2.24, 2.45) is 10.8 Å². The van der Waals surface area contributed by atoms with E-state index in [1.165, 1.54) is 23.1 Å². The van der Waals surface area contributed by atoms with E-state index in [4.69, 9.17) is 0 Å². The molecule has 0 radical (unpaired) electrons. The predicted octanol–water partition coefficient (Wildman–Crippen LogP) is 9.21. The second kappa shape index (κ2) is 9.15. The molecule has 0 spiro atoms. The first kappa shape index (κ1) is 23.5. The van der Waals surface area contributed by atoms with Crippen molar-refractivity contribution in [3.8, 4) is 0 Å². The van der Waals surface area contributed by atoms with Crippen molar-refractivity contribution in [1.29, 1.82) is 0 Å². The maximum atomic E-state index is 14.3. The van der Waals surface area contributed by atoms with E-state index >= 15 is 0 Å². The minimum Gasteiger partial charge on any atom is -0.207 e. The van der Waals surface area contributed by atoms with Crippen LogP contribution in [0, 0.1) is 30.5 Å². The molecule has 31 heavy (non-hydrogen) atoms. The monoisotopic (exact) mass is 418 g/mol. The Kier molecular flexibility index (Phi) is 6.94. The Bertz CT molecular complexity index is 957. The van der Waals surface area contributed by atoms with Crippen molar-refractivity contribution >= 4 is 5.57 Å². The molecule has 1 unspecified atom stereocenters. The first-order chi connectivity index (χ1) is 14.6. The molecule has 0 saturated heterocycles. The zero-order valence-corrected chi connectivity index (χ0v) is 20.4. The molecular formula is C30H39F. The lowest BCUT2D eigenvalue weighted by molar-refractivity contribution is 0.0801. The van der Waals surface area contributed by atoms with Crippen LogP contribution >= 0.6 is 0 Å². The molecule has 0 bridgehead atoms. The summed E-state index contributed by atoms with van der Waals surface area (Å²) >= 11 is 0. The maximum Gasteiger partial charge on any atom is 0.126 e. The molecule has 3 rings (SSSR count). The Labute approximate surface area is 189 Å². The number of hydrogen-bond acceptors (Lipinski definition) is 0. The number of benzene rings is 1. The van der Waals surface area contributed by atoms with Gasteiger partial charge in [0.05, 0.1) is 0 Å². The summed E-state index contributed by atoms with van der Waals surface area (Å²) in [6.07, 6.45) is 18.2. The van der Waals surface area contributed by atoms with Gasteiger partial charge in [-0.1, -0.05) is 74.9 Å². The van der Waals surface area contributed by atoms with Crippen LogP contribution in [-0.4, -0.2) is 0 Å². The minimum absolute atomic E-state index is 0.0566. The SMILES string of the molecule is C=C1CCC(C)(C)C(CC)(CC2=CCCC=C2)/C1=C/C=C(\C)c1cc(C)c(C)c(F)c1. The summed E-state index contributed by atoms with van der Waals surface area (Å²) in [6.45, 7) is 17.6. The third-order valence-electron chi connectivity index (χ3n) is 7.98. The molecule has 1 fully saturated rings. The van der Waals surface area contributed by atoms with Gasteiger partial charge < -0.3 is 0 Å². The summed E-state index contributed by atoms with van der Waals surface area (Å²) in [5, 5.41) is 0. The average Bonchev–Trinajstić information content (AvgIpc) is 2.74. The zero-order chi connectivity index (χ0) is 22.8. The van der Waals surface area contributed by atoms with Crippen molar-refractivity contribution < 1.29 is 4.39 Å². The van der Waals surface area contributed by atoms with Crippen molar-refractivity contribution in [3.63, 3.8) is 0 Å². The highest BCUT2D eigenvalue weighted by Gasteiger charge is 2.49. The highest BCUT2D eigenvalue weighted by Crippen LogP contribution is 2.60. The molecule has 2 aliphatic rings. The van der Waals surface area contributed by atoms with Gasteiger partial charge in [-0.3, -0.25) is 0 Å². The van der Waals surface area contributed by atoms with Crippen molar-refractivity contribution in [3.05, 3.63) is 88.3 Å². The van der Waals surface area contributed by atoms with Crippen LogP contribution in [0.4, 0.5) is 4.39 Å². The van der Waals surface area contributed by atoms with E-state index in [1.807, 2.05) is 13.8 Å². The van der Waals surface area contributed by atoms with Gasteiger partial charge in [0.2, 0.25) is 0 Å². The van der Waals surface area contributed by atoms with Gasteiger partial charge in [-0.25, -0.2) is 4.39 Å². The largest absolute Gasteiger partial charge is 0.207 e. The van der Waals surface area contributed by atoms with Gasteiger partial charge in [0.25, 0.3) is 0 Å². The molecular weight excluding hydrogens is 379 g/mol. The van der Waals surface area contributed by atoms with E-state index in [2.05, 4.69) is 70.7 Å². The molecule has 1 heteroatoms. The fourth-order valence-electron chi connectivity index (χ4n) is 5.44. The highest BCUT2D eigenvalue weighted by atomic mass is 19.1. The summed E-state index contributed by atoms with van der Waals surface area (Å²) in [6, 6.07) is 3.75. The molecule has 1 atom stereocenters. The number of allylic oxidation sites excluding steroid dienone is 9. The summed E-state index contributed by atoms with van der Waals surface area (Å²) in [5.41, 5.74) is 8.13.